The molecule has 0 aromatic heterocycles. The summed E-state index contributed by atoms with van der Waals surface area (Å²) < 4.78 is 8.30. The van der Waals surface area contributed by atoms with E-state index in [1.165, 1.54) is 24.0 Å². The zero-order valence-electron chi connectivity index (χ0n) is 18.5. The molecule has 0 amide bonds. The topological polar surface area (TPSA) is 87.1 Å². The molecule has 0 saturated heterocycles. The van der Waals surface area contributed by atoms with Crippen molar-refractivity contribution in [1.29, 1.82) is 0 Å². The van der Waals surface area contributed by atoms with E-state index in [0.717, 1.165) is 47.2 Å². The van der Waals surface area contributed by atoms with Gasteiger partial charge in [0, 0.05) is 17.4 Å². The molecule has 0 aliphatic rings. The Balaban J connectivity index is 0.000000751. The van der Waals surface area contributed by atoms with Crippen molar-refractivity contribution in [2.75, 3.05) is 26.2 Å². The SMILES string of the molecule is CCCN(CCC)CCc1cc(Br)cc(Br)c1OCCc1ccccc1.O=C(O)C(=O)O. The van der Waals surface area contributed by atoms with Crippen molar-refractivity contribution in [3.63, 3.8) is 0 Å². The molecular weight excluding hydrogens is 542 g/mol. The Morgan fingerprint density at radius 2 is 1.50 bits per heavy atom. The van der Waals surface area contributed by atoms with E-state index >= 15 is 0 Å². The second-order valence-electron chi connectivity index (χ2n) is 7.16. The normalized spacial score (nSPS) is 10.4. The predicted octanol–water partition coefficient (Wildman–Crippen LogP) is 5.65. The van der Waals surface area contributed by atoms with E-state index in [9.17, 15) is 0 Å². The molecule has 0 unspecified atom stereocenters. The fourth-order valence-corrected chi connectivity index (χ4v) is 4.55. The van der Waals surface area contributed by atoms with Gasteiger partial charge in [0.25, 0.3) is 0 Å². The van der Waals surface area contributed by atoms with E-state index in [-0.39, 0.29) is 0 Å². The summed E-state index contributed by atoms with van der Waals surface area (Å²) in [6.07, 6.45) is 4.31. The first-order chi connectivity index (χ1) is 15.3. The van der Waals surface area contributed by atoms with Crippen LogP contribution in [0.5, 0.6) is 5.75 Å². The molecule has 0 saturated carbocycles. The van der Waals surface area contributed by atoms with Gasteiger partial charge in [-0.2, -0.15) is 0 Å². The summed E-state index contributed by atoms with van der Waals surface area (Å²) in [5, 5.41) is 14.8. The highest BCUT2D eigenvalue weighted by Crippen LogP contribution is 2.33. The summed E-state index contributed by atoms with van der Waals surface area (Å²) in [7, 11) is 0. The Hall–Kier alpha value is -1.90. The first-order valence-electron chi connectivity index (χ1n) is 10.6. The third-order valence-corrected chi connectivity index (χ3v) is 5.57. The third kappa shape index (κ3) is 11.1. The molecule has 2 N–H and O–H groups in total. The molecular formula is C24H31Br2NO5. The molecule has 0 aliphatic carbocycles. The molecule has 2 aromatic rings. The van der Waals surface area contributed by atoms with Crippen LogP contribution in [0.2, 0.25) is 0 Å². The maximum Gasteiger partial charge on any atom is 0.414 e. The lowest BCUT2D eigenvalue weighted by atomic mass is 10.1. The van der Waals surface area contributed by atoms with Crippen LogP contribution < -0.4 is 4.74 Å². The van der Waals surface area contributed by atoms with Crippen LogP contribution in [0.15, 0.2) is 51.4 Å². The van der Waals surface area contributed by atoms with Crippen LogP contribution in [0.3, 0.4) is 0 Å². The van der Waals surface area contributed by atoms with Crippen LogP contribution in [0.1, 0.15) is 37.8 Å². The third-order valence-electron chi connectivity index (χ3n) is 4.53. The van der Waals surface area contributed by atoms with Gasteiger partial charge in [-0.05, 0) is 71.5 Å². The zero-order valence-corrected chi connectivity index (χ0v) is 21.7. The van der Waals surface area contributed by atoms with Crippen LogP contribution >= 0.6 is 31.9 Å². The maximum atomic E-state index is 9.10. The van der Waals surface area contributed by atoms with Crippen molar-refractivity contribution in [3.05, 3.63) is 62.5 Å². The van der Waals surface area contributed by atoms with E-state index in [4.69, 9.17) is 24.5 Å². The summed E-state index contributed by atoms with van der Waals surface area (Å²) >= 11 is 7.31. The molecule has 0 aliphatic heterocycles. The Bertz CT molecular complexity index is 828. The van der Waals surface area contributed by atoms with Crippen LogP contribution in [-0.4, -0.2) is 53.3 Å². The quantitative estimate of drug-likeness (QED) is 0.338. The first kappa shape index (κ1) is 28.1. The number of halogens is 2. The number of carboxylic acids is 2. The number of aliphatic carboxylic acids is 2. The number of carbonyl (C=O) groups is 2. The molecule has 0 radical (unpaired) electrons. The van der Waals surface area contributed by atoms with E-state index < -0.39 is 11.9 Å². The number of hydrogen-bond donors (Lipinski definition) is 2. The van der Waals surface area contributed by atoms with E-state index in [1.54, 1.807) is 0 Å². The van der Waals surface area contributed by atoms with Crippen molar-refractivity contribution in [1.82, 2.24) is 4.90 Å². The van der Waals surface area contributed by atoms with Crippen LogP contribution in [0.4, 0.5) is 0 Å². The maximum absolute atomic E-state index is 9.10. The fourth-order valence-electron chi connectivity index (χ4n) is 3.12. The van der Waals surface area contributed by atoms with E-state index in [0.29, 0.717) is 6.61 Å². The van der Waals surface area contributed by atoms with E-state index in [1.807, 2.05) is 6.07 Å². The predicted molar refractivity (Wildman–Crippen MR) is 133 cm³/mol. The van der Waals surface area contributed by atoms with Gasteiger partial charge < -0.3 is 19.8 Å². The summed E-state index contributed by atoms with van der Waals surface area (Å²) in [4.78, 5) is 20.7. The Morgan fingerprint density at radius 1 is 0.906 bits per heavy atom. The minimum atomic E-state index is -1.82. The number of benzene rings is 2. The second-order valence-corrected chi connectivity index (χ2v) is 8.93. The van der Waals surface area contributed by atoms with Crippen molar-refractivity contribution < 1.29 is 24.5 Å². The van der Waals surface area contributed by atoms with Crippen LogP contribution in [0, 0.1) is 0 Å². The smallest absolute Gasteiger partial charge is 0.414 e. The summed E-state index contributed by atoms with van der Waals surface area (Å²) in [6, 6.07) is 14.8. The highest BCUT2D eigenvalue weighted by Gasteiger charge is 2.12. The number of nitrogens with zero attached hydrogens (tertiary/aromatic N) is 1. The lowest BCUT2D eigenvalue weighted by Crippen LogP contribution is -2.28. The lowest BCUT2D eigenvalue weighted by Gasteiger charge is -2.22. The Kier molecular flexibility index (Phi) is 13.9. The first-order valence-corrected chi connectivity index (χ1v) is 12.2. The zero-order chi connectivity index (χ0) is 23.9. The van der Waals surface area contributed by atoms with Gasteiger partial charge in [-0.3, -0.25) is 0 Å². The van der Waals surface area contributed by atoms with Gasteiger partial charge in [-0.15, -0.1) is 0 Å². The molecule has 0 heterocycles. The Labute approximate surface area is 206 Å². The minimum absolute atomic E-state index is 0.685. The number of carboxylic acid groups (broad SMARTS) is 2. The highest BCUT2D eigenvalue weighted by molar-refractivity contribution is 9.11. The molecule has 8 heteroatoms. The van der Waals surface area contributed by atoms with Gasteiger partial charge in [0.15, 0.2) is 0 Å². The van der Waals surface area contributed by atoms with Gasteiger partial charge in [-0.25, -0.2) is 9.59 Å². The molecule has 2 rings (SSSR count). The van der Waals surface area contributed by atoms with Gasteiger partial charge in [-0.1, -0.05) is 60.1 Å². The molecule has 176 valence electrons. The van der Waals surface area contributed by atoms with Crippen molar-refractivity contribution >= 4 is 43.8 Å². The summed E-state index contributed by atoms with van der Waals surface area (Å²) in [5.41, 5.74) is 2.57. The Morgan fingerprint density at radius 3 is 2.03 bits per heavy atom. The fraction of sp³-hybridized carbons (Fsp3) is 0.417. The van der Waals surface area contributed by atoms with Crippen LogP contribution in [0.25, 0.3) is 0 Å². The van der Waals surface area contributed by atoms with Gasteiger partial charge in [0.2, 0.25) is 0 Å². The molecule has 32 heavy (non-hydrogen) atoms. The van der Waals surface area contributed by atoms with Crippen molar-refractivity contribution in [2.45, 2.75) is 39.5 Å². The monoisotopic (exact) mass is 571 g/mol. The summed E-state index contributed by atoms with van der Waals surface area (Å²) in [5.74, 6) is -2.66. The molecule has 0 spiro atoms. The molecule has 0 atom stereocenters. The largest absolute Gasteiger partial charge is 0.492 e. The van der Waals surface area contributed by atoms with Crippen molar-refractivity contribution in [3.8, 4) is 5.75 Å². The average molecular weight is 573 g/mol. The standard InChI is InChI=1S/C22H29Br2NO.C2H2O4/c1-3-12-25(13-4-2)14-10-19-16-20(23)17-21(24)22(19)26-15-11-18-8-6-5-7-9-18;3-1(4)2(5)6/h5-9,16-17H,3-4,10-15H2,1-2H3;(H,3,4)(H,5,6). The van der Waals surface area contributed by atoms with E-state index in [2.05, 4.69) is 87.0 Å². The summed E-state index contributed by atoms with van der Waals surface area (Å²) in [6.45, 7) is 8.57. The van der Waals surface area contributed by atoms with Gasteiger partial charge >= 0.3 is 11.9 Å². The molecule has 6 nitrogen and oxygen atoms in total. The minimum Gasteiger partial charge on any atom is -0.492 e. The molecule has 0 bridgehead atoms. The number of ether oxygens (including phenoxy) is 1. The number of hydrogen-bond acceptors (Lipinski definition) is 4. The average Bonchev–Trinajstić information content (AvgIpc) is 2.75. The second kappa shape index (κ2) is 15.8. The lowest BCUT2D eigenvalue weighted by molar-refractivity contribution is -0.159. The number of rotatable bonds is 11. The van der Waals surface area contributed by atoms with Crippen LogP contribution in [-0.2, 0) is 22.4 Å². The van der Waals surface area contributed by atoms with Gasteiger partial charge in [0.1, 0.15) is 5.75 Å². The highest BCUT2D eigenvalue weighted by atomic mass is 79.9. The van der Waals surface area contributed by atoms with Crippen molar-refractivity contribution in [2.24, 2.45) is 0 Å². The molecule has 0 fully saturated rings. The molecule has 2 aromatic carbocycles. The van der Waals surface area contributed by atoms with Gasteiger partial charge in [0.05, 0.1) is 11.1 Å².